The van der Waals surface area contributed by atoms with Crippen molar-refractivity contribution in [2.24, 2.45) is 5.92 Å². The molecule has 0 aliphatic rings. The van der Waals surface area contributed by atoms with E-state index in [0.29, 0.717) is 12.5 Å². The van der Waals surface area contributed by atoms with Crippen molar-refractivity contribution in [1.82, 2.24) is 5.32 Å². The fourth-order valence-corrected chi connectivity index (χ4v) is 2.04. The van der Waals surface area contributed by atoms with Crippen LogP contribution in [0.1, 0.15) is 39.2 Å². The molecule has 0 radical (unpaired) electrons. The van der Waals surface area contributed by atoms with E-state index in [0.717, 1.165) is 24.4 Å². The summed E-state index contributed by atoms with van der Waals surface area (Å²) in [5.41, 5.74) is 1.02. The summed E-state index contributed by atoms with van der Waals surface area (Å²) in [7, 11) is 0. The third-order valence-electron chi connectivity index (χ3n) is 3.25. The third kappa shape index (κ3) is 5.83. The smallest absolute Gasteiger partial charge is 0.272 e. The van der Waals surface area contributed by atoms with Crippen LogP contribution in [0.15, 0.2) is 24.3 Å². The van der Waals surface area contributed by atoms with Gasteiger partial charge in [0, 0.05) is 17.7 Å². The Morgan fingerprint density at radius 2 is 1.89 bits per heavy atom. The fourth-order valence-electron chi connectivity index (χ4n) is 2.04. The Labute approximate surface area is 115 Å². The predicted molar refractivity (Wildman–Crippen MR) is 78.3 cm³/mol. The van der Waals surface area contributed by atoms with Crippen LogP contribution in [0.4, 0.5) is 5.69 Å². The minimum absolute atomic E-state index is 0.221. The van der Waals surface area contributed by atoms with E-state index < -0.39 is 0 Å². The average Bonchev–Trinajstić information content (AvgIpc) is 2.36. The molecule has 0 heterocycles. The van der Waals surface area contributed by atoms with E-state index in [9.17, 15) is 10.1 Å². The number of nitrogens with zero attached hydrogens (tertiary/aromatic N) is 1. The Bertz CT molecular complexity index is 405. The first-order valence-corrected chi connectivity index (χ1v) is 6.96. The Morgan fingerprint density at radius 3 is 2.53 bits per heavy atom. The lowest BCUT2D eigenvalue weighted by Gasteiger charge is -2.14. The highest BCUT2D eigenvalue weighted by atomic mass is 16.6. The molecule has 0 amide bonds. The largest absolute Gasteiger partial charge is 0.314 e. The molecule has 0 saturated carbocycles. The van der Waals surface area contributed by atoms with Gasteiger partial charge in [0.25, 0.3) is 5.69 Å². The average molecular weight is 264 g/mol. The van der Waals surface area contributed by atoms with Crippen LogP contribution in [0.2, 0.25) is 0 Å². The molecule has 19 heavy (non-hydrogen) atoms. The first-order valence-electron chi connectivity index (χ1n) is 6.96. The first-order chi connectivity index (χ1) is 9.00. The van der Waals surface area contributed by atoms with Crippen molar-refractivity contribution in [3.63, 3.8) is 0 Å². The van der Waals surface area contributed by atoms with E-state index in [4.69, 9.17) is 0 Å². The third-order valence-corrected chi connectivity index (χ3v) is 3.25. The maximum Gasteiger partial charge on any atom is 0.272 e. The number of hydrogen-bond donors (Lipinski definition) is 1. The quantitative estimate of drug-likeness (QED) is 0.577. The number of nitro benzene ring substituents is 1. The fraction of sp³-hybridized carbons (Fsp3) is 0.600. The van der Waals surface area contributed by atoms with Gasteiger partial charge in [-0.2, -0.15) is 0 Å². The second kappa shape index (κ2) is 7.89. The summed E-state index contributed by atoms with van der Waals surface area (Å²) >= 11 is 0. The summed E-state index contributed by atoms with van der Waals surface area (Å²) < 4.78 is 0. The molecule has 4 heteroatoms. The van der Waals surface area contributed by atoms with Gasteiger partial charge in [-0.3, -0.25) is 10.1 Å². The predicted octanol–water partition coefficient (Wildman–Crippen LogP) is 3.55. The number of para-hydroxylation sites is 1. The van der Waals surface area contributed by atoms with Gasteiger partial charge >= 0.3 is 0 Å². The lowest BCUT2D eigenvalue weighted by molar-refractivity contribution is -0.385. The number of benzene rings is 1. The zero-order valence-electron chi connectivity index (χ0n) is 12.1. The molecule has 0 spiro atoms. The molecule has 0 fully saturated rings. The second-order valence-electron chi connectivity index (χ2n) is 5.46. The SMILES string of the molecule is CC(C)CCC(C)NCCc1ccccc1[N+](=O)[O-]. The van der Waals surface area contributed by atoms with Gasteiger partial charge in [0.05, 0.1) is 4.92 Å². The van der Waals surface area contributed by atoms with Gasteiger partial charge < -0.3 is 5.32 Å². The van der Waals surface area contributed by atoms with Crippen molar-refractivity contribution in [3.05, 3.63) is 39.9 Å². The van der Waals surface area contributed by atoms with Gasteiger partial charge in [0.15, 0.2) is 0 Å². The van der Waals surface area contributed by atoms with Crippen LogP contribution < -0.4 is 5.32 Å². The molecular weight excluding hydrogens is 240 g/mol. The Morgan fingerprint density at radius 1 is 1.21 bits per heavy atom. The van der Waals surface area contributed by atoms with E-state index in [1.807, 2.05) is 12.1 Å². The standard InChI is InChI=1S/C15H24N2O2/c1-12(2)8-9-13(3)16-11-10-14-6-4-5-7-15(14)17(18)19/h4-7,12-13,16H,8-11H2,1-3H3. The molecule has 1 rings (SSSR count). The van der Waals surface area contributed by atoms with Crippen LogP contribution in [0.3, 0.4) is 0 Å². The van der Waals surface area contributed by atoms with Crippen molar-refractivity contribution in [1.29, 1.82) is 0 Å². The van der Waals surface area contributed by atoms with Gasteiger partial charge in [-0.15, -0.1) is 0 Å². The summed E-state index contributed by atoms with van der Waals surface area (Å²) in [4.78, 5) is 10.6. The van der Waals surface area contributed by atoms with Crippen molar-refractivity contribution >= 4 is 5.69 Å². The first kappa shape index (κ1) is 15.6. The van der Waals surface area contributed by atoms with E-state index in [1.54, 1.807) is 12.1 Å². The van der Waals surface area contributed by atoms with Crippen molar-refractivity contribution in [2.75, 3.05) is 6.54 Å². The maximum absolute atomic E-state index is 10.9. The summed E-state index contributed by atoms with van der Waals surface area (Å²) in [6, 6.07) is 7.42. The summed E-state index contributed by atoms with van der Waals surface area (Å²) in [6.45, 7) is 7.39. The molecule has 1 unspecified atom stereocenters. The second-order valence-corrected chi connectivity index (χ2v) is 5.46. The van der Waals surface area contributed by atoms with Crippen LogP contribution in [0.5, 0.6) is 0 Å². The van der Waals surface area contributed by atoms with Gasteiger partial charge in [0.1, 0.15) is 0 Å². The lowest BCUT2D eigenvalue weighted by atomic mass is 10.0. The molecule has 1 aromatic rings. The molecule has 106 valence electrons. The van der Waals surface area contributed by atoms with E-state index in [-0.39, 0.29) is 10.6 Å². The Balaban J connectivity index is 2.39. The summed E-state index contributed by atoms with van der Waals surface area (Å²) in [5.74, 6) is 0.722. The zero-order valence-corrected chi connectivity index (χ0v) is 12.1. The number of hydrogen-bond acceptors (Lipinski definition) is 3. The van der Waals surface area contributed by atoms with Crippen LogP contribution >= 0.6 is 0 Å². The molecule has 0 bridgehead atoms. The van der Waals surface area contributed by atoms with Crippen LogP contribution in [-0.4, -0.2) is 17.5 Å². The number of nitrogens with one attached hydrogen (secondary N) is 1. The van der Waals surface area contributed by atoms with Crippen LogP contribution in [0.25, 0.3) is 0 Å². The highest BCUT2D eigenvalue weighted by Crippen LogP contribution is 2.17. The molecule has 1 aromatic carbocycles. The van der Waals surface area contributed by atoms with Gasteiger partial charge in [-0.1, -0.05) is 32.0 Å². The van der Waals surface area contributed by atoms with E-state index >= 15 is 0 Å². The van der Waals surface area contributed by atoms with Crippen LogP contribution in [-0.2, 0) is 6.42 Å². The van der Waals surface area contributed by atoms with Crippen molar-refractivity contribution in [3.8, 4) is 0 Å². The van der Waals surface area contributed by atoms with E-state index in [2.05, 4.69) is 26.1 Å². The molecule has 1 atom stereocenters. The molecule has 4 nitrogen and oxygen atoms in total. The minimum Gasteiger partial charge on any atom is -0.314 e. The molecular formula is C15H24N2O2. The minimum atomic E-state index is -0.308. The molecule has 0 saturated heterocycles. The highest BCUT2D eigenvalue weighted by Gasteiger charge is 2.12. The van der Waals surface area contributed by atoms with Gasteiger partial charge in [-0.05, 0) is 38.6 Å². The van der Waals surface area contributed by atoms with Gasteiger partial charge in [0.2, 0.25) is 0 Å². The summed E-state index contributed by atoms with van der Waals surface area (Å²) in [6.07, 6.45) is 3.05. The molecule has 0 aliphatic carbocycles. The number of rotatable bonds is 8. The zero-order chi connectivity index (χ0) is 14.3. The Kier molecular flexibility index (Phi) is 6.50. The lowest BCUT2D eigenvalue weighted by Crippen LogP contribution is -2.28. The normalized spacial score (nSPS) is 12.6. The number of nitro groups is 1. The topological polar surface area (TPSA) is 55.2 Å². The van der Waals surface area contributed by atoms with Crippen LogP contribution in [0, 0.1) is 16.0 Å². The highest BCUT2D eigenvalue weighted by molar-refractivity contribution is 5.39. The van der Waals surface area contributed by atoms with Crippen molar-refractivity contribution in [2.45, 2.75) is 46.1 Å². The van der Waals surface area contributed by atoms with Crippen molar-refractivity contribution < 1.29 is 4.92 Å². The Hall–Kier alpha value is -1.42. The molecule has 1 N–H and O–H groups in total. The van der Waals surface area contributed by atoms with Gasteiger partial charge in [-0.25, -0.2) is 0 Å². The maximum atomic E-state index is 10.9. The molecule has 0 aliphatic heterocycles. The van der Waals surface area contributed by atoms with E-state index in [1.165, 1.54) is 6.42 Å². The monoisotopic (exact) mass is 264 g/mol. The molecule has 0 aromatic heterocycles. The summed E-state index contributed by atoms with van der Waals surface area (Å²) in [5, 5.41) is 14.3.